The van der Waals surface area contributed by atoms with Crippen LogP contribution in [-0.2, 0) is 0 Å². The first-order valence-corrected chi connectivity index (χ1v) is 7.21. The van der Waals surface area contributed by atoms with Crippen LogP contribution in [0.1, 0.15) is 48.5 Å². The molecule has 1 N–H and O–H groups in total. The van der Waals surface area contributed by atoms with E-state index in [1.54, 1.807) is 25.2 Å². The highest BCUT2D eigenvalue weighted by molar-refractivity contribution is 5.98. The number of nitrogens with one attached hydrogen (secondary N) is 1. The van der Waals surface area contributed by atoms with E-state index in [4.69, 9.17) is 0 Å². The third-order valence-electron chi connectivity index (χ3n) is 4.42. The minimum atomic E-state index is 0.0285. The van der Waals surface area contributed by atoms with Crippen LogP contribution < -0.4 is 5.32 Å². The van der Waals surface area contributed by atoms with Crippen molar-refractivity contribution in [1.82, 2.24) is 14.7 Å². The summed E-state index contributed by atoms with van der Waals surface area (Å²) in [5, 5.41) is 7.85. The van der Waals surface area contributed by atoms with Crippen molar-refractivity contribution in [3.63, 3.8) is 0 Å². The van der Waals surface area contributed by atoms with E-state index in [-0.39, 0.29) is 5.91 Å². The number of carbonyl (C=O) groups is 1. The van der Waals surface area contributed by atoms with Crippen molar-refractivity contribution in [1.29, 1.82) is 0 Å². The number of amides is 1. The van der Waals surface area contributed by atoms with E-state index in [1.807, 2.05) is 0 Å². The first-order valence-electron chi connectivity index (χ1n) is 7.21. The smallest absolute Gasteiger partial charge is 0.258 e. The third kappa shape index (κ3) is 2.11. The van der Waals surface area contributed by atoms with Gasteiger partial charge in [0.05, 0.1) is 12.2 Å². The Morgan fingerprint density at radius 1 is 1.37 bits per heavy atom. The van der Waals surface area contributed by atoms with Gasteiger partial charge in [-0.1, -0.05) is 12.8 Å². The molecular weight excluding hydrogens is 240 g/mol. The Morgan fingerprint density at radius 2 is 2.11 bits per heavy atom. The molecule has 1 aromatic rings. The molecule has 5 heteroatoms. The number of anilines is 1. The second-order valence-electron chi connectivity index (χ2n) is 5.88. The largest absolute Gasteiger partial charge is 0.370 e. The zero-order chi connectivity index (χ0) is 13.4. The molecule has 2 aliphatic rings. The van der Waals surface area contributed by atoms with Gasteiger partial charge >= 0.3 is 0 Å². The maximum atomic E-state index is 12.1. The predicted molar refractivity (Wildman–Crippen MR) is 74.3 cm³/mol. The van der Waals surface area contributed by atoms with E-state index in [1.165, 1.54) is 25.7 Å². The summed E-state index contributed by atoms with van der Waals surface area (Å²) in [5.74, 6) is 1.69. The van der Waals surface area contributed by atoms with Crippen LogP contribution in [0.5, 0.6) is 0 Å². The summed E-state index contributed by atoms with van der Waals surface area (Å²) in [7, 11) is 3.56. The number of hydrogen-bond acceptors (Lipinski definition) is 3. The van der Waals surface area contributed by atoms with Crippen LogP contribution in [0.2, 0.25) is 0 Å². The summed E-state index contributed by atoms with van der Waals surface area (Å²) in [6.45, 7) is 0.945. The second-order valence-corrected chi connectivity index (χ2v) is 5.88. The lowest BCUT2D eigenvalue weighted by atomic mass is 9.94. The molecule has 1 amide bonds. The molecule has 1 fully saturated rings. The third-order valence-corrected chi connectivity index (χ3v) is 4.42. The number of nitrogens with zero attached hydrogens (tertiary/aromatic N) is 3. The fraction of sp³-hybridized carbons (Fsp3) is 0.714. The van der Waals surface area contributed by atoms with E-state index < -0.39 is 0 Å². The molecule has 0 bridgehead atoms. The molecule has 1 atom stereocenters. The van der Waals surface area contributed by atoms with Gasteiger partial charge in [-0.3, -0.25) is 4.79 Å². The Kier molecular flexibility index (Phi) is 3.21. The Morgan fingerprint density at radius 3 is 2.79 bits per heavy atom. The predicted octanol–water partition coefficient (Wildman–Crippen LogP) is 2.13. The molecule has 1 saturated carbocycles. The van der Waals surface area contributed by atoms with Crippen molar-refractivity contribution in [2.45, 2.75) is 38.1 Å². The van der Waals surface area contributed by atoms with Crippen molar-refractivity contribution >= 4 is 11.7 Å². The molecule has 104 valence electrons. The monoisotopic (exact) mass is 262 g/mol. The van der Waals surface area contributed by atoms with Crippen molar-refractivity contribution in [3.05, 3.63) is 11.8 Å². The number of fused-ring (bicyclic) bond motifs is 1. The first kappa shape index (κ1) is 12.5. The highest BCUT2D eigenvalue weighted by atomic mass is 16.2. The molecule has 5 nitrogen and oxygen atoms in total. The van der Waals surface area contributed by atoms with Crippen LogP contribution in [0.3, 0.4) is 0 Å². The average Bonchev–Trinajstić information content (AvgIpc) is 3.06. The van der Waals surface area contributed by atoms with Gasteiger partial charge in [-0.05, 0) is 25.2 Å². The highest BCUT2D eigenvalue weighted by Crippen LogP contribution is 2.39. The van der Waals surface area contributed by atoms with Crippen molar-refractivity contribution < 1.29 is 4.79 Å². The van der Waals surface area contributed by atoms with Crippen molar-refractivity contribution in [2.75, 3.05) is 26.0 Å². The standard InChI is InChI=1S/C14H22N4O/c1-17(2)14(19)11-9-16-18-12(7-8-15-13(11)18)10-5-3-4-6-10/h9-10,12,15H,3-8H2,1-2H3. The molecule has 1 aliphatic carbocycles. The Bertz CT molecular complexity index is 474. The molecule has 0 saturated heterocycles. The molecular formula is C14H22N4O. The Labute approximate surface area is 114 Å². The zero-order valence-electron chi connectivity index (χ0n) is 11.7. The SMILES string of the molecule is CN(C)C(=O)c1cnn2c1NCCC2C1CCCC1. The number of hydrogen-bond donors (Lipinski definition) is 1. The van der Waals surface area contributed by atoms with Gasteiger partial charge in [0.2, 0.25) is 0 Å². The van der Waals surface area contributed by atoms with E-state index >= 15 is 0 Å². The normalized spacial score (nSPS) is 22.9. The summed E-state index contributed by atoms with van der Waals surface area (Å²) in [6, 6.07) is 0.475. The molecule has 1 unspecified atom stereocenters. The fourth-order valence-electron chi connectivity index (χ4n) is 3.43. The molecule has 0 spiro atoms. The lowest BCUT2D eigenvalue weighted by molar-refractivity contribution is 0.0828. The molecule has 1 aliphatic heterocycles. The summed E-state index contributed by atoms with van der Waals surface area (Å²) in [5.41, 5.74) is 0.702. The zero-order valence-corrected chi connectivity index (χ0v) is 11.7. The summed E-state index contributed by atoms with van der Waals surface area (Å²) >= 11 is 0. The van der Waals surface area contributed by atoms with Gasteiger partial charge in [0.25, 0.3) is 5.91 Å². The van der Waals surface area contributed by atoms with Crippen LogP contribution >= 0.6 is 0 Å². The second kappa shape index (κ2) is 4.87. The van der Waals surface area contributed by atoms with Crippen molar-refractivity contribution in [2.24, 2.45) is 5.92 Å². The summed E-state index contributed by atoms with van der Waals surface area (Å²) in [6.07, 6.45) is 8.14. The van der Waals surface area contributed by atoms with Crippen molar-refractivity contribution in [3.8, 4) is 0 Å². The lowest BCUT2D eigenvalue weighted by Gasteiger charge is -2.30. The van der Waals surface area contributed by atoms with Gasteiger partial charge in [-0.2, -0.15) is 5.10 Å². The van der Waals surface area contributed by atoms with Gasteiger partial charge in [-0.15, -0.1) is 0 Å². The quantitative estimate of drug-likeness (QED) is 0.888. The Hall–Kier alpha value is -1.52. The van der Waals surface area contributed by atoms with Gasteiger partial charge < -0.3 is 10.2 Å². The van der Waals surface area contributed by atoms with Gasteiger partial charge in [0.1, 0.15) is 11.4 Å². The first-order chi connectivity index (χ1) is 9.18. The van der Waals surface area contributed by atoms with E-state index in [0.717, 1.165) is 24.7 Å². The fourth-order valence-corrected chi connectivity index (χ4v) is 3.43. The van der Waals surface area contributed by atoms with E-state index in [9.17, 15) is 4.79 Å². The molecule has 1 aromatic heterocycles. The maximum absolute atomic E-state index is 12.1. The highest BCUT2D eigenvalue weighted by Gasteiger charge is 2.32. The summed E-state index contributed by atoms with van der Waals surface area (Å²) in [4.78, 5) is 13.7. The van der Waals surface area contributed by atoms with Crippen LogP contribution in [0, 0.1) is 5.92 Å². The van der Waals surface area contributed by atoms with Crippen LogP contribution in [-0.4, -0.2) is 41.2 Å². The number of rotatable bonds is 2. The number of aromatic nitrogens is 2. The van der Waals surface area contributed by atoms with Crippen LogP contribution in [0.15, 0.2) is 6.20 Å². The summed E-state index contributed by atoms with van der Waals surface area (Å²) < 4.78 is 2.07. The van der Waals surface area contributed by atoms with Gasteiger partial charge in [0.15, 0.2) is 0 Å². The molecule has 0 aromatic carbocycles. The Balaban J connectivity index is 1.91. The average molecular weight is 262 g/mol. The molecule has 2 heterocycles. The van der Waals surface area contributed by atoms with Crippen LogP contribution in [0.4, 0.5) is 5.82 Å². The lowest BCUT2D eigenvalue weighted by Crippen LogP contribution is -2.30. The number of carbonyl (C=O) groups excluding carboxylic acids is 1. The van der Waals surface area contributed by atoms with E-state index in [2.05, 4.69) is 15.1 Å². The molecule has 3 rings (SSSR count). The van der Waals surface area contributed by atoms with E-state index in [0.29, 0.717) is 11.6 Å². The maximum Gasteiger partial charge on any atom is 0.258 e. The van der Waals surface area contributed by atoms with Gasteiger partial charge in [0, 0.05) is 20.6 Å². The minimum absolute atomic E-state index is 0.0285. The topological polar surface area (TPSA) is 50.2 Å². The molecule has 0 radical (unpaired) electrons. The minimum Gasteiger partial charge on any atom is -0.370 e. The molecule has 19 heavy (non-hydrogen) atoms. The van der Waals surface area contributed by atoms with Gasteiger partial charge in [-0.25, -0.2) is 4.68 Å². The van der Waals surface area contributed by atoms with Crippen LogP contribution in [0.25, 0.3) is 0 Å².